The summed E-state index contributed by atoms with van der Waals surface area (Å²) in [4.78, 5) is 27.6. The Bertz CT molecular complexity index is 2460. The maximum absolute atomic E-state index is 11.9. The Morgan fingerprint density at radius 3 is 1.69 bits per heavy atom. The first kappa shape index (κ1) is 46.3. The fourth-order valence-electron chi connectivity index (χ4n) is 6.30. The molecule has 13 nitrogen and oxygen atoms in total. The Balaban J connectivity index is 1.33. The van der Waals surface area contributed by atoms with E-state index in [1.54, 1.807) is 30.5 Å². The molecule has 0 aliphatic rings. The van der Waals surface area contributed by atoms with E-state index in [1.807, 2.05) is 63.2 Å². The molecule has 0 saturated heterocycles. The fourth-order valence-corrected chi connectivity index (χ4v) is 6.78. The van der Waals surface area contributed by atoms with Crippen LogP contribution in [0.2, 0.25) is 10.0 Å². The highest BCUT2D eigenvalue weighted by atomic mass is 35.5. The van der Waals surface area contributed by atoms with Gasteiger partial charge in [-0.3, -0.25) is 25.2 Å². The lowest BCUT2D eigenvalue weighted by Gasteiger charge is -2.25. The molecule has 1 heterocycles. The highest BCUT2D eigenvalue weighted by Gasteiger charge is 2.33. The minimum absolute atomic E-state index is 0.00165. The van der Waals surface area contributed by atoms with Gasteiger partial charge in [-0.2, -0.15) is 5.26 Å². The summed E-state index contributed by atoms with van der Waals surface area (Å²) in [5.74, 6) is -1.22. The number of nitrogens with one attached hydrogen (secondary N) is 2. The van der Waals surface area contributed by atoms with Crippen molar-refractivity contribution in [2.24, 2.45) is 0 Å². The Morgan fingerprint density at radius 1 is 0.689 bits per heavy atom. The van der Waals surface area contributed by atoms with Crippen LogP contribution in [0.1, 0.15) is 63.9 Å². The zero-order valence-electron chi connectivity index (χ0n) is 34.4. The molecule has 0 saturated carbocycles. The number of carbonyl (C=O) groups is 2. The Kier molecular flexibility index (Phi) is 15.4. The van der Waals surface area contributed by atoms with Crippen LogP contribution in [0.4, 0.5) is 0 Å². The van der Waals surface area contributed by atoms with Crippen LogP contribution >= 0.6 is 23.2 Å². The van der Waals surface area contributed by atoms with E-state index in [9.17, 15) is 35.3 Å². The molecule has 5 rings (SSSR count). The molecular formula is C46H48Cl2N4O9. The lowest BCUT2D eigenvalue weighted by atomic mass is 9.92. The normalized spacial score (nSPS) is 13.1. The van der Waals surface area contributed by atoms with Gasteiger partial charge in [0, 0.05) is 42.7 Å². The number of benzene rings is 4. The number of halogens is 2. The van der Waals surface area contributed by atoms with Gasteiger partial charge in [-0.15, -0.1) is 0 Å². The predicted octanol–water partition coefficient (Wildman–Crippen LogP) is 7.44. The van der Waals surface area contributed by atoms with E-state index in [4.69, 9.17) is 37.4 Å². The monoisotopic (exact) mass is 870 g/mol. The van der Waals surface area contributed by atoms with Crippen LogP contribution in [0.15, 0.2) is 79.1 Å². The third-order valence-electron chi connectivity index (χ3n) is 10.7. The number of rotatable bonds is 20. The molecule has 0 radical (unpaired) electrons. The summed E-state index contributed by atoms with van der Waals surface area (Å²) in [5.41, 5.74) is 5.90. The van der Waals surface area contributed by atoms with Crippen LogP contribution in [-0.2, 0) is 42.5 Å². The fraction of sp³-hybridized carbons (Fsp3) is 0.304. The van der Waals surface area contributed by atoms with Crippen molar-refractivity contribution in [1.29, 1.82) is 5.26 Å². The maximum atomic E-state index is 11.9. The number of aliphatic hydroxyl groups excluding tert-OH is 2. The van der Waals surface area contributed by atoms with Crippen molar-refractivity contribution < 1.29 is 44.2 Å². The lowest BCUT2D eigenvalue weighted by molar-refractivity contribution is -0.146. The van der Waals surface area contributed by atoms with Crippen molar-refractivity contribution in [2.45, 2.75) is 78.6 Å². The van der Waals surface area contributed by atoms with Gasteiger partial charge in [0.05, 0.1) is 28.8 Å². The number of aliphatic hydroxyl groups is 2. The van der Waals surface area contributed by atoms with Crippen LogP contribution in [0.25, 0.3) is 11.1 Å². The summed E-state index contributed by atoms with van der Waals surface area (Å²) in [7, 11) is 0. The number of carboxylic acid groups (broad SMARTS) is 2. The molecule has 1 aromatic heterocycles. The van der Waals surface area contributed by atoms with E-state index in [2.05, 4.69) is 21.7 Å². The molecule has 0 amide bonds. The molecule has 0 spiro atoms. The minimum Gasteiger partial charge on any atom is -0.488 e. The van der Waals surface area contributed by atoms with E-state index in [0.29, 0.717) is 39.0 Å². The second-order valence-corrected chi connectivity index (χ2v) is 16.0. The zero-order valence-corrected chi connectivity index (χ0v) is 35.9. The number of ether oxygens (including phenoxy) is 3. The molecule has 1 unspecified atom stereocenters. The molecular weight excluding hydrogens is 823 g/mol. The molecule has 61 heavy (non-hydrogen) atoms. The summed E-state index contributed by atoms with van der Waals surface area (Å²) in [6.07, 6.45) is 3.03. The predicted molar refractivity (Wildman–Crippen MR) is 231 cm³/mol. The quantitative estimate of drug-likeness (QED) is 0.0451. The van der Waals surface area contributed by atoms with Crippen molar-refractivity contribution >= 4 is 35.1 Å². The van der Waals surface area contributed by atoms with Gasteiger partial charge in [-0.1, -0.05) is 59.6 Å². The van der Waals surface area contributed by atoms with Crippen molar-refractivity contribution in [3.8, 4) is 34.4 Å². The van der Waals surface area contributed by atoms with Crippen molar-refractivity contribution in [3.05, 3.63) is 139 Å². The molecule has 2 atom stereocenters. The number of hydrogen-bond donors (Lipinski definition) is 6. The Morgan fingerprint density at radius 2 is 1.18 bits per heavy atom. The first-order chi connectivity index (χ1) is 29.0. The first-order valence-electron chi connectivity index (χ1n) is 19.2. The molecule has 320 valence electrons. The van der Waals surface area contributed by atoms with Crippen molar-refractivity contribution in [2.75, 3.05) is 13.2 Å². The van der Waals surface area contributed by atoms with Gasteiger partial charge < -0.3 is 34.6 Å². The summed E-state index contributed by atoms with van der Waals surface area (Å²) in [5, 5.41) is 54.3. The number of pyridine rings is 1. The number of nitriles is 1. The van der Waals surface area contributed by atoms with Gasteiger partial charge in [0.2, 0.25) is 0 Å². The molecule has 0 fully saturated rings. The average molecular weight is 872 g/mol. The second kappa shape index (κ2) is 20.2. The summed E-state index contributed by atoms with van der Waals surface area (Å²) < 4.78 is 18.7. The third kappa shape index (κ3) is 11.2. The van der Waals surface area contributed by atoms with E-state index in [1.165, 1.54) is 20.0 Å². The highest BCUT2D eigenvalue weighted by molar-refractivity contribution is 6.32. The van der Waals surface area contributed by atoms with E-state index in [-0.39, 0.29) is 37.9 Å². The number of aliphatic carboxylic acids is 2. The summed E-state index contributed by atoms with van der Waals surface area (Å²) in [6.45, 7) is 8.13. The molecule has 0 aliphatic carbocycles. The number of aromatic nitrogens is 1. The average Bonchev–Trinajstić information content (AvgIpc) is 3.25. The zero-order chi connectivity index (χ0) is 44.5. The number of aryl methyl sites for hydroxylation is 1. The minimum atomic E-state index is -1.62. The standard InChI is InChI=1S/C46H48Cl2N4O9/c1-27-12-41(38(47)14-34(27)20-51-45(4,25-53)43(55)56)60-23-32-8-6-10-36(28(32)2)37-11-7-9-33(29(37)3)24-61-42-16-40(59-22-31-13-30(17-49)18-50-19-31)35(15-39(42)48)21-52-46(5,26-54)44(57)58/h6-16,18-19,51-54H,20-26H2,1-5H3,(H,55,56)(H,57,58)/t45-,46?/m0/s1. The molecule has 0 aliphatic heterocycles. The summed E-state index contributed by atoms with van der Waals surface area (Å²) in [6, 6.07) is 22.5. The van der Waals surface area contributed by atoms with E-state index in [0.717, 1.165) is 44.5 Å². The van der Waals surface area contributed by atoms with Gasteiger partial charge in [-0.25, -0.2) is 0 Å². The molecule has 0 bridgehead atoms. The largest absolute Gasteiger partial charge is 0.488 e. The first-order valence-corrected chi connectivity index (χ1v) is 20.0. The van der Waals surface area contributed by atoms with Gasteiger partial charge in [0.1, 0.15) is 54.2 Å². The van der Waals surface area contributed by atoms with Crippen LogP contribution in [0.3, 0.4) is 0 Å². The number of carboxylic acids is 2. The van der Waals surface area contributed by atoms with Gasteiger partial charge >= 0.3 is 11.9 Å². The van der Waals surface area contributed by atoms with Crippen molar-refractivity contribution in [1.82, 2.24) is 15.6 Å². The highest BCUT2D eigenvalue weighted by Crippen LogP contribution is 2.36. The van der Waals surface area contributed by atoms with E-state index >= 15 is 0 Å². The molecule has 6 N–H and O–H groups in total. The van der Waals surface area contributed by atoms with Gasteiger partial charge in [-0.05, 0) is 103 Å². The van der Waals surface area contributed by atoms with Crippen LogP contribution in [-0.4, -0.2) is 61.6 Å². The smallest absolute Gasteiger partial charge is 0.326 e. The number of nitrogens with zero attached hydrogens (tertiary/aromatic N) is 2. The van der Waals surface area contributed by atoms with Crippen LogP contribution in [0, 0.1) is 32.1 Å². The Labute approximate surface area is 364 Å². The van der Waals surface area contributed by atoms with Crippen LogP contribution < -0.4 is 24.8 Å². The van der Waals surface area contributed by atoms with E-state index < -0.39 is 36.2 Å². The van der Waals surface area contributed by atoms with Gasteiger partial charge in [0.15, 0.2) is 0 Å². The van der Waals surface area contributed by atoms with Crippen molar-refractivity contribution in [3.63, 3.8) is 0 Å². The SMILES string of the molecule is Cc1cc(OCc2cccc(-c3cccc(COc4cc(OCc5cncc(C#N)c5)c(CNC(C)(CO)C(=O)O)cc4Cl)c3C)c2C)c(Cl)cc1CN[C@@](C)(CO)C(=O)O. The Hall–Kier alpha value is -5.72. The maximum Gasteiger partial charge on any atom is 0.326 e. The summed E-state index contributed by atoms with van der Waals surface area (Å²) >= 11 is 13.4. The second-order valence-electron chi connectivity index (χ2n) is 15.1. The number of hydrogen-bond acceptors (Lipinski definition) is 11. The third-order valence-corrected chi connectivity index (χ3v) is 11.3. The molecule has 5 aromatic rings. The topological polar surface area (TPSA) is 203 Å². The molecule has 4 aromatic carbocycles. The van der Waals surface area contributed by atoms with Gasteiger partial charge in [0.25, 0.3) is 0 Å². The molecule has 15 heteroatoms. The lowest BCUT2D eigenvalue weighted by Crippen LogP contribution is -2.52. The van der Waals surface area contributed by atoms with Crippen LogP contribution in [0.5, 0.6) is 17.2 Å².